The molecule has 0 saturated carbocycles. The lowest BCUT2D eigenvalue weighted by Gasteiger charge is -2.26. The molecular weight excluding hydrogens is 482 g/mol. The number of thiazole rings is 1. The number of aliphatic hydroxyl groups is 1. The molecule has 1 aliphatic rings. The third-order valence-corrected chi connectivity index (χ3v) is 6.56. The first kappa shape index (κ1) is 27.4. The Morgan fingerprint density at radius 3 is 2.56 bits per heavy atom. The van der Waals surface area contributed by atoms with Gasteiger partial charge in [-0.3, -0.25) is 9.69 Å². The number of hydrogen-bond acceptors (Lipinski definition) is 8. The van der Waals surface area contributed by atoms with Crippen LogP contribution in [0.15, 0.2) is 48.5 Å². The molecule has 0 radical (unpaired) electrons. The SMILES string of the molecule is O=C(O)CC(O)C(=O)O.c1cc(CN2CCCCC2)cc(OCCCNc2nc3ccccc3s2)c1. The molecule has 0 bridgehead atoms. The van der Waals surface area contributed by atoms with E-state index in [-0.39, 0.29) is 0 Å². The fourth-order valence-corrected chi connectivity index (χ4v) is 4.66. The largest absolute Gasteiger partial charge is 0.494 e. The second-order valence-corrected chi connectivity index (χ2v) is 9.58. The van der Waals surface area contributed by atoms with Gasteiger partial charge in [-0.05, 0) is 62.2 Å². The number of likely N-dealkylation sites (tertiary alicyclic amines) is 1. The highest BCUT2D eigenvalue weighted by atomic mass is 32.1. The standard InChI is InChI=1S/C22H27N3OS.C4H6O5/c1-4-13-25(14-5-1)17-18-8-6-9-19(16-18)26-15-7-12-23-22-24-20-10-2-3-11-21(20)27-22;5-2(4(8)9)1-3(6)7/h2-3,6,8-11,16H,1,4-5,7,12-15,17H2,(H,23,24);2,5H,1H2,(H,6,7)(H,8,9). The van der Waals surface area contributed by atoms with E-state index in [2.05, 4.69) is 57.7 Å². The first-order valence-corrected chi connectivity index (χ1v) is 12.9. The van der Waals surface area contributed by atoms with Crippen molar-refractivity contribution in [3.05, 3.63) is 54.1 Å². The molecule has 36 heavy (non-hydrogen) atoms. The van der Waals surface area contributed by atoms with Crippen molar-refractivity contribution >= 4 is 38.6 Å². The predicted molar refractivity (Wildman–Crippen MR) is 140 cm³/mol. The van der Waals surface area contributed by atoms with Crippen LogP contribution in [0.1, 0.15) is 37.7 Å². The summed E-state index contributed by atoms with van der Waals surface area (Å²) in [6.45, 7) is 5.07. The maximum absolute atomic E-state index is 9.72. The van der Waals surface area contributed by atoms with E-state index in [0.29, 0.717) is 6.61 Å². The summed E-state index contributed by atoms with van der Waals surface area (Å²) in [6.07, 6.45) is 2.45. The number of nitrogens with zero attached hydrogens (tertiary/aromatic N) is 2. The predicted octanol–water partition coefficient (Wildman–Crippen LogP) is 4.07. The molecule has 4 N–H and O–H groups in total. The summed E-state index contributed by atoms with van der Waals surface area (Å²) in [5.41, 5.74) is 2.41. The van der Waals surface area contributed by atoms with Crippen molar-refractivity contribution in [3.63, 3.8) is 0 Å². The molecule has 1 aliphatic heterocycles. The summed E-state index contributed by atoms with van der Waals surface area (Å²) in [7, 11) is 0. The Kier molecular flexibility index (Phi) is 10.9. The van der Waals surface area contributed by atoms with E-state index in [4.69, 9.17) is 20.1 Å². The number of carbonyl (C=O) groups is 2. The van der Waals surface area contributed by atoms with Crippen molar-refractivity contribution < 1.29 is 29.6 Å². The summed E-state index contributed by atoms with van der Waals surface area (Å²) in [5.74, 6) is -1.87. The first-order valence-electron chi connectivity index (χ1n) is 12.1. The quantitative estimate of drug-likeness (QED) is 0.279. The van der Waals surface area contributed by atoms with E-state index in [9.17, 15) is 9.59 Å². The summed E-state index contributed by atoms with van der Waals surface area (Å²) in [6, 6.07) is 16.8. The maximum atomic E-state index is 9.72. The Morgan fingerprint density at radius 1 is 1.08 bits per heavy atom. The Hall–Kier alpha value is -3.21. The summed E-state index contributed by atoms with van der Waals surface area (Å²) >= 11 is 1.70. The van der Waals surface area contributed by atoms with E-state index in [1.165, 1.54) is 42.6 Å². The normalized spacial score (nSPS) is 14.5. The molecule has 1 unspecified atom stereocenters. The lowest BCUT2D eigenvalue weighted by molar-refractivity contribution is -0.152. The third kappa shape index (κ3) is 9.44. The molecule has 2 heterocycles. The zero-order valence-corrected chi connectivity index (χ0v) is 21.0. The molecule has 1 saturated heterocycles. The average Bonchev–Trinajstić information content (AvgIpc) is 3.28. The number of aliphatic carboxylic acids is 2. The van der Waals surface area contributed by atoms with E-state index in [1.807, 2.05) is 6.07 Å². The molecular formula is C26H33N3O6S. The molecule has 1 aromatic heterocycles. The average molecular weight is 516 g/mol. The number of para-hydroxylation sites is 1. The minimum atomic E-state index is -1.79. The van der Waals surface area contributed by atoms with Crippen LogP contribution in [-0.4, -0.2) is 69.5 Å². The van der Waals surface area contributed by atoms with Gasteiger partial charge in [0.15, 0.2) is 11.2 Å². The lowest BCUT2D eigenvalue weighted by Crippen LogP contribution is -2.29. The van der Waals surface area contributed by atoms with Crippen LogP contribution in [0.3, 0.4) is 0 Å². The van der Waals surface area contributed by atoms with Gasteiger partial charge in [-0.25, -0.2) is 9.78 Å². The summed E-state index contributed by atoms with van der Waals surface area (Å²) in [4.78, 5) is 26.6. The van der Waals surface area contributed by atoms with Crippen molar-refractivity contribution in [1.29, 1.82) is 0 Å². The third-order valence-electron chi connectivity index (χ3n) is 5.57. The Balaban J connectivity index is 0.000000345. The molecule has 1 atom stereocenters. The molecule has 2 aromatic carbocycles. The number of hydrogen-bond donors (Lipinski definition) is 4. The molecule has 0 spiro atoms. The number of carboxylic acids is 2. The van der Waals surface area contributed by atoms with Crippen LogP contribution < -0.4 is 10.1 Å². The van der Waals surface area contributed by atoms with Crippen LogP contribution in [0.2, 0.25) is 0 Å². The van der Waals surface area contributed by atoms with Crippen molar-refractivity contribution in [2.75, 3.05) is 31.6 Å². The Morgan fingerprint density at radius 2 is 1.86 bits per heavy atom. The van der Waals surface area contributed by atoms with Crippen molar-refractivity contribution in [3.8, 4) is 5.75 Å². The zero-order valence-electron chi connectivity index (χ0n) is 20.1. The number of rotatable bonds is 11. The number of benzene rings is 2. The van der Waals surface area contributed by atoms with Gasteiger partial charge in [0.2, 0.25) is 0 Å². The number of carboxylic acid groups (broad SMARTS) is 2. The van der Waals surface area contributed by atoms with Crippen LogP contribution in [0, 0.1) is 0 Å². The molecule has 9 nitrogen and oxygen atoms in total. The van der Waals surface area contributed by atoms with Crippen molar-refractivity contribution in [1.82, 2.24) is 9.88 Å². The van der Waals surface area contributed by atoms with Gasteiger partial charge in [0.25, 0.3) is 0 Å². The lowest BCUT2D eigenvalue weighted by atomic mass is 10.1. The molecule has 0 aliphatic carbocycles. The Labute approximate surface area is 214 Å². The van der Waals surface area contributed by atoms with Crippen LogP contribution in [0.5, 0.6) is 5.75 Å². The molecule has 1 fully saturated rings. The number of aliphatic hydroxyl groups excluding tert-OH is 1. The monoisotopic (exact) mass is 515 g/mol. The second-order valence-electron chi connectivity index (χ2n) is 8.55. The summed E-state index contributed by atoms with van der Waals surface area (Å²) < 4.78 is 7.18. The fourth-order valence-electron chi connectivity index (χ4n) is 3.77. The van der Waals surface area contributed by atoms with Gasteiger partial charge < -0.3 is 25.4 Å². The minimum Gasteiger partial charge on any atom is -0.494 e. The Bertz CT molecular complexity index is 1080. The van der Waals surface area contributed by atoms with Gasteiger partial charge in [0.1, 0.15) is 5.75 Å². The highest BCUT2D eigenvalue weighted by Crippen LogP contribution is 2.25. The van der Waals surface area contributed by atoms with Crippen LogP contribution in [0.25, 0.3) is 10.2 Å². The zero-order chi connectivity index (χ0) is 25.8. The van der Waals surface area contributed by atoms with E-state index in [1.54, 1.807) is 11.3 Å². The molecule has 0 amide bonds. The van der Waals surface area contributed by atoms with Gasteiger partial charge in [-0.15, -0.1) is 0 Å². The van der Waals surface area contributed by atoms with Gasteiger partial charge in [0, 0.05) is 13.1 Å². The molecule has 4 rings (SSSR count). The highest BCUT2D eigenvalue weighted by Gasteiger charge is 2.16. The number of nitrogens with one attached hydrogen (secondary N) is 1. The molecule has 10 heteroatoms. The highest BCUT2D eigenvalue weighted by molar-refractivity contribution is 7.22. The number of anilines is 1. The molecule has 3 aromatic rings. The van der Waals surface area contributed by atoms with E-state index < -0.39 is 24.5 Å². The smallest absolute Gasteiger partial charge is 0.333 e. The van der Waals surface area contributed by atoms with Gasteiger partial charge in [-0.1, -0.05) is 42.0 Å². The second kappa shape index (κ2) is 14.4. The van der Waals surface area contributed by atoms with Crippen LogP contribution >= 0.6 is 11.3 Å². The number of fused-ring (bicyclic) bond motifs is 1. The summed E-state index contributed by atoms with van der Waals surface area (Å²) in [5, 5.41) is 28.5. The van der Waals surface area contributed by atoms with Gasteiger partial charge >= 0.3 is 11.9 Å². The fraction of sp³-hybridized carbons (Fsp3) is 0.423. The minimum absolute atomic E-state index is 0.713. The molecule has 194 valence electrons. The van der Waals surface area contributed by atoms with Crippen LogP contribution in [-0.2, 0) is 16.1 Å². The van der Waals surface area contributed by atoms with Crippen molar-refractivity contribution in [2.45, 2.75) is 44.8 Å². The number of ether oxygens (including phenoxy) is 1. The topological polar surface area (TPSA) is 132 Å². The number of aromatic nitrogens is 1. The van der Waals surface area contributed by atoms with Gasteiger partial charge in [-0.2, -0.15) is 0 Å². The van der Waals surface area contributed by atoms with Crippen molar-refractivity contribution in [2.24, 2.45) is 0 Å². The van der Waals surface area contributed by atoms with E-state index in [0.717, 1.165) is 35.9 Å². The number of piperidine rings is 1. The van der Waals surface area contributed by atoms with E-state index >= 15 is 0 Å². The first-order chi connectivity index (χ1) is 17.4. The maximum Gasteiger partial charge on any atom is 0.333 e. The van der Waals surface area contributed by atoms with Crippen LogP contribution in [0.4, 0.5) is 5.13 Å². The van der Waals surface area contributed by atoms with Gasteiger partial charge in [0.05, 0.1) is 23.2 Å².